The Balaban J connectivity index is 1.83. The molecule has 0 bridgehead atoms. The Hall–Kier alpha value is -1.06. The standard InChI is InChI=1S/C15H23NO2/c1-11-5-4-6-12(2)15(11)18-9-13(3)16-14-7-8-17-10-14/h4-6,13-14,16H,7-10H2,1-3H3/t13-,14-/m1/s1. The van der Waals surface area contributed by atoms with Crippen LogP contribution in [0.2, 0.25) is 0 Å². The molecule has 1 aliphatic heterocycles. The summed E-state index contributed by atoms with van der Waals surface area (Å²) in [5.74, 6) is 1.02. The average Bonchev–Trinajstić information content (AvgIpc) is 2.81. The second-order valence-electron chi connectivity index (χ2n) is 5.16. The second kappa shape index (κ2) is 6.21. The summed E-state index contributed by atoms with van der Waals surface area (Å²) >= 11 is 0. The quantitative estimate of drug-likeness (QED) is 0.869. The molecule has 0 aromatic heterocycles. The summed E-state index contributed by atoms with van der Waals surface area (Å²) in [7, 11) is 0. The Kier molecular flexibility index (Phi) is 4.61. The van der Waals surface area contributed by atoms with Crippen molar-refractivity contribution < 1.29 is 9.47 Å². The Labute approximate surface area is 109 Å². The van der Waals surface area contributed by atoms with E-state index in [1.165, 1.54) is 11.1 Å². The molecule has 100 valence electrons. The predicted octanol–water partition coefficient (Wildman–Crippen LogP) is 2.45. The van der Waals surface area contributed by atoms with Crippen molar-refractivity contribution in [2.24, 2.45) is 0 Å². The maximum Gasteiger partial charge on any atom is 0.125 e. The zero-order valence-electron chi connectivity index (χ0n) is 11.5. The molecule has 1 aliphatic rings. The number of hydrogen-bond donors (Lipinski definition) is 1. The SMILES string of the molecule is Cc1cccc(C)c1OC[C@@H](C)N[C@@H]1CCOC1. The van der Waals surface area contributed by atoms with Crippen LogP contribution in [-0.2, 0) is 4.74 Å². The van der Waals surface area contributed by atoms with Crippen LogP contribution in [0.4, 0.5) is 0 Å². The topological polar surface area (TPSA) is 30.5 Å². The molecule has 1 saturated heterocycles. The zero-order chi connectivity index (χ0) is 13.0. The highest BCUT2D eigenvalue weighted by atomic mass is 16.5. The van der Waals surface area contributed by atoms with E-state index in [1.54, 1.807) is 0 Å². The lowest BCUT2D eigenvalue weighted by Crippen LogP contribution is -2.40. The molecule has 2 atom stereocenters. The predicted molar refractivity (Wildman–Crippen MR) is 73.2 cm³/mol. The molecule has 3 heteroatoms. The van der Waals surface area contributed by atoms with E-state index in [9.17, 15) is 0 Å². The third-order valence-electron chi connectivity index (χ3n) is 3.34. The molecule has 1 aromatic carbocycles. The van der Waals surface area contributed by atoms with Crippen LogP contribution >= 0.6 is 0 Å². The number of hydrogen-bond acceptors (Lipinski definition) is 3. The highest BCUT2D eigenvalue weighted by Crippen LogP contribution is 2.22. The van der Waals surface area contributed by atoms with E-state index in [1.807, 2.05) is 0 Å². The van der Waals surface area contributed by atoms with Gasteiger partial charge in [-0.25, -0.2) is 0 Å². The molecule has 3 nitrogen and oxygen atoms in total. The van der Waals surface area contributed by atoms with E-state index in [-0.39, 0.29) is 0 Å². The lowest BCUT2D eigenvalue weighted by Gasteiger charge is -2.20. The number of benzene rings is 1. The molecule has 0 amide bonds. The number of para-hydroxylation sites is 1. The highest BCUT2D eigenvalue weighted by molar-refractivity contribution is 5.39. The molecule has 0 unspecified atom stereocenters. The monoisotopic (exact) mass is 249 g/mol. The third kappa shape index (κ3) is 3.47. The highest BCUT2D eigenvalue weighted by Gasteiger charge is 2.17. The Bertz CT molecular complexity index is 366. The molecule has 2 rings (SSSR count). The summed E-state index contributed by atoms with van der Waals surface area (Å²) < 4.78 is 11.3. The fourth-order valence-corrected chi connectivity index (χ4v) is 2.35. The van der Waals surface area contributed by atoms with Gasteiger partial charge in [0.2, 0.25) is 0 Å². The summed E-state index contributed by atoms with van der Waals surface area (Å²) in [6.07, 6.45) is 1.10. The van der Waals surface area contributed by atoms with E-state index in [2.05, 4.69) is 44.3 Å². The minimum atomic E-state index is 0.343. The van der Waals surface area contributed by atoms with Crippen molar-refractivity contribution in [3.05, 3.63) is 29.3 Å². The van der Waals surface area contributed by atoms with Crippen molar-refractivity contribution >= 4 is 0 Å². The summed E-state index contributed by atoms with van der Waals surface area (Å²) in [6.45, 7) is 8.74. The van der Waals surface area contributed by atoms with Crippen LogP contribution in [0.1, 0.15) is 24.5 Å². The molecule has 1 aromatic rings. The number of aryl methyl sites for hydroxylation is 2. The molecular weight excluding hydrogens is 226 g/mol. The first-order valence-corrected chi connectivity index (χ1v) is 6.69. The van der Waals surface area contributed by atoms with Gasteiger partial charge in [0.15, 0.2) is 0 Å². The first-order valence-electron chi connectivity index (χ1n) is 6.69. The van der Waals surface area contributed by atoms with Crippen LogP contribution in [0.5, 0.6) is 5.75 Å². The fraction of sp³-hybridized carbons (Fsp3) is 0.600. The molecule has 1 fully saturated rings. The van der Waals surface area contributed by atoms with E-state index in [0.29, 0.717) is 18.7 Å². The average molecular weight is 249 g/mol. The lowest BCUT2D eigenvalue weighted by molar-refractivity contribution is 0.184. The smallest absolute Gasteiger partial charge is 0.125 e. The van der Waals surface area contributed by atoms with E-state index in [4.69, 9.17) is 9.47 Å². The van der Waals surface area contributed by atoms with Gasteiger partial charge in [-0.1, -0.05) is 18.2 Å². The normalized spacial score (nSPS) is 20.9. The van der Waals surface area contributed by atoms with Crippen LogP contribution in [-0.4, -0.2) is 31.9 Å². The van der Waals surface area contributed by atoms with Gasteiger partial charge >= 0.3 is 0 Å². The van der Waals surface area contributed by atoms with Crippen LogP contribution in [0.25, 0.3) is 0 Å². The van der Waals surface area contributed by atoms with Gasteiger partial charge in [-0.05, 0) is 38.3 Å². The Morgan fingerprint density at radius 1 is 1.39 bits per heavy atom. The molecule has 0 spiro atoms. The van der Waals surface area contributed by atoms with Crippen LogP contribution in [0.15, 0.2) is 18.2 Å². The van der Waals surface area contributed by atoms with Gasteiger partial charge in [-0.2, -0.15) is 0 Å². The summed E-state index contributed by atoms with van der Waals surface area (Å²) in [4.78, 5) is 0. The van der Waals surface area contributed by atoms with E-state index >= 15 is 0 Å². The van der Waals surface area contributed by atoms with Crippen molar-refractivity contribution in [1.29, 1.82) is 0 Å². The minimum Gasteiger partial charge on any atom is -0.491 e. The molecule has 1 heterocycles. The number of ether oxygens (including phenoxy) is 2. The maximum absolute atomic E-state index is 5.94. The van der Waals surface area contributed by atoms with Gasteiger partial charge in [0.25, 0.3) is 0 Å². The maximum atomic E-state index is 5.94. The van der Waals surface area contributed by atoms with Gasteiger partial charge in [-0.15, -0.1) is 0 Å². The summed E-state index contributed by atoms with van der Waals surface area (Å²) in [6, 6.07) is 7.07. The lowest BCUT2D eigenvalue weighted by atomic mass is 10.1. The Morgan fingerprint density at radius 2 is 2.11 bits per heavy atom. The molecule has 1 N–H and O–H groups in total. The molecule has 0 aliphatic carbocycles. The molecular formula is C15H23NO2. The Morgan fingerprint density at radius 3 is 2.72 bits per heavy atom. The molecule has 18 heavy (non-hydrogen) atoms. The van der Waals surface area contributed by atoms with Crippen molar-refractivity contribution in [2.75, 3.05) is 19.8 Å². The zero-order valence-corrected chi connectivity index (χ0v) is 11.5. The molecule has 0 saturated carbocycles. The largest absolute Gasteiger partial charge is 0.491 e. The number of rotatable bonds is 5. The fourth-order valence-electron chi connectivity index (χ4n) is 2.35. The first kappa shape index (κ1) is 13.4. The van der Waals surface area contributed by atoms with Gasteiger partial charge in [0.1, 0.15) is 12.4 Å². The number of nitrogens with one attached hydrogen (secondary N) is 1. The minimum absolute atomic E-state index is 0.343. The second-order valence-corrected chi connectivity index (χ2v) is 5.16. The van der Waals surface area contributed by atoms with Crippen molar-refractivity contribution in [2.45, 2.75) is 39.3 Å². The van der Waals surface area contributed by atoms with Gasteiger partial charge in [-0.3, -0.25) is 0 Å². The van der Waals surface area contributed by atoms with Crippen LogP contribution in [0, 0.1) is 13.8 Å². The van der Waals surface area contributed by atoms with Gasteiger partial charge in [0.05, 0.1) is 6.61 Å². The van der Waals surface area contributed by atoms with Crippen molar-refractivity contribution in [3.8, 4) is 5.75 Å². The first-order chi connectivity index (χ1) is 8.66. The van der Waals surface area contributed by atoms with E-state index in [0.717, 1.165) is 25.4 Å². The van der Waals surface area contributed by atoms with Crippen molar-refractivity contribution in [3.63, 3.8) is 0 Å². The van der Waals surface area contributed by atoms with Crippen LogP contribution in [0.3, 0.4) is 0 Å². The third-order valence-corrected chi connectivity index (χ3v) is 3.34. The summed E-state index contributed by atoms with van der Waals surface area (Å²) in [5.41, 5.74) is 2.40. The summed E-state index contributed by atoms with van der Waals surface area (Å²) in [5, 5.41) is 3.54. The van der Waals surface area contributed by atoms with Gasteiger partial charge < -0.3 is 14.8 Å². The van der Waals surface area contributed by atoms with Crippen molar-refractivity contribution in [1.82, 2.24) is 5.32 Å². The van der Waals surface area contributed by atoms with Gasteiger partial charge in [0, 0.05) is 18.7 Å². The van der Waals surface area contributed by atoms with Crippen LogP contribution < -0.4 is 10.1 Å². The van der Waals surface area contributed by atoms with E-state index < -0.39 is 0 Å². The molecule has 0 radical (unpaired) electrons.